The van der Waals surface area contributed by atoms with Crippen LogP contribution in [-0.4, -0.2) is 103 Å². The molecule has 2 fully saturated rings. The Kier molecular flexibility index (Phi) is 6.72. The van der Waals surface area contributed by atoms with Gasteiger partial charge in [-0.1, -0.05) is 48.5 Å². The highest BCUT2D eigenvalue weighted by molar-refractivity contribution is 6.04. The zero-order valence-electron chi connectivity index (χ0n) is 20.6. The van der Waals surface area contributed by atoms with Crippen molar-refractivity contribution in [3.8, 4) is 0 Å². The number of likely N-dealkylation sites (N-methyl/N-ethyl adjacent to an activating group) is 2. The molecule has 2 aromatic rings. The van der Waals surface area contributed by atoms with E-state index in [2.05, 4.69) is 63.2 Å². The number of hydrogen-bond donors (Lipinski definition) is 0. The van der Waals surface area contributed by atoms with Crippen LogP contribution in [0.3, 0.4) is 0 Å². The second-order valence-corrected chi connectivity index (χ2v) is 9.58. The third kappa shape index (κ3) is 4.75. The monoisotopic (exact) mass is 474 g/mol. The van der Waals surface area contributed by atoms with Crippen molar-refractivity contribution in [2.24, 2.45) is 4.99 Å². The lowest BCUT2D eigenvalue weighted by atomic mass is 10.1. The minimum atomic E-state index is -0.455. The number of anilines is 1. The number of nitrogens with zero attached hydrogens (tertiary/aromatic N) is 6. The van der Waals surface area contributed by atoms with E-state index in [1.165, 1.54) is 16.2 Å². The molecular formula is C27H34N6O2. The summed E-state index contributed by atoms with van der Waals surface area (Å²) in [6.45, 7) is 5.21. The van der Waals surface area contributed by atoms with Crippen LogP contribution < -0.4 is 4.90 Å². The van der Waals surface area contributed by atoms with E-state index in [-0.39, 0.29) is 11.9 Å². The summed E-state index contributed by atoms with van der Waals surface area (Å²) in [7, 11) is 3.32. The lowest BCUT2D eigenvalue weighted by molar-refractivity contribution is -0.136. The highest BCUT2D eigenvalue weighted by Crippen LogP contribution is 2.28. The summed E-state index contributed by atoms with van der Waals surface area (Å²) in [5.41, 5.74) is 2.55. The lowest BCUT2D eigenvalue weighted by Crippen LogP contribution is -2.64. The number of carbonyl (C=O) groups is 2. The minimum Gasteiger partial charge on any atom is -0.369 e. The Morgan fingerprint density at radius 2 is 1.54 bits per heavy atom. The zero-order valence-corrected chi connectivity index (χ0v) is 20.6. The van der Waals surface area contributed by atoms with E-state index in [9.17, 15) is 9.59 Å². The predicted molar refractivity (Wildman–Crippen MR) is 138 cm³/mol. The molecule has 3 heterocycles. The smallest absolute Gasteiger partial charge is 0.328 e. The van der Waals surface area contributed by atoms with Crippen LogP contribution in [0.2, 0.25) is 0 Å². The van der Waals surface area contributed by atoms with Crippen LogP contribution in [0.15, 0.2) is 65.7 Å². The van der Waals surface area contributed by atoms with E-state index in [1.807, 2.05) is 12.1 Å². The number of amidine groups is 1. The largest absolute Gasteiger partial charge is 0.369 e. The summed E-state index contributed by atoms with van der Waals surface area (Å²) >= 11 is 0. The van der Waals surface area contributed by atoms with Gasteiger partial charge in [0.2, 0.25) is 0 Å². The maximum absolute atomic E-state index is 13.2. The van der Waals surface area contributed by atoms with Gasteiger partial charge in [0.15, 0.2) is 12.2 Å². The van der Waals surface area contributed by atoms with Gasteiger partial charge in [-0.3, -0.25) is 14.6 Å². The molecule has 0 N–H and O–H groups in total. The Labute approximate surface area is 207 Å². The summed E-state index contributed by atoms with van der Waals surface area (Å²) in [5, 5.41) is 0. The molecule has 2 saturated heterocycles. The maximum Gasteiger partial charge on any atom is 0.328 e. The Morgan fingerprint density at radius 3 is 2.23 bits per heavy atom. The van der Waals surface area contributed by atoms with E-state index in [1.54, 1.807) is 19.0 Å². The van der Waals surface area contributed by atoms with Crippen LogP contribution in [0, 0.1) is 0 Å². The van der Waals surface area contributed by atoms with Crippen molar-refractivity contribution in [2.75, 3.05) is 58.3 Å². The molecule has 184 valence electrons. The number of fused-ring (bicyclic) bond motifs is 1. The Bertz CT molecular complexity index is 1070. The van der Waals surface area contributed by atoms with Crippen molar-refractivity contribution in [1.29, 1.82) is 0 Å². The topological polar surface area (TPSA) is 62.7 Å². The second-order valence-electron chi connectivity index (χ2n) is 9.58. The molecule has 0 radical (unpaired) electrons. The number of rotatable bonds is 7. The van der Waals surface area contributed by atoms with Crippen molar-refractivity contribution < 1.29 is 9.59 Å². The zero-order chi connectivity index (χ0) is 24.4. The first-order chi connectivity index (χ1) is 17.0. The molecule has 8 heteroatoms. The van der Waals surface area contributed by atoms with Crippen LogP contribution in [0.4, 0.5) is 10.5 Å². The van der Waals surface area contributed by atoms with Gasteiger partial charge >= 0.3 is 6.03 Å². The van der Waals surface area contributed by atoms with E-state index >= 15 is 0 Å². The molecule has 35 heavy (non-hydrogen) atoms. The third-order valence-electron chi connectivity index (χ3n) is 7.37. The number of carbonyl (C=O) groups excluding carboxylic acids is 2. The molecule has 0 aliphatic carbocycles. The molecule has 0 aromatic heterocycles. The summed E-state index contributed by atoms with van der Waals surface area (Å²) in [4.78, 5) is 40.6. The number of piperazine rings is 1. The Balaban J connectivity index is 1.28. The fraction of sp³-hybridized carbons (Fsp3) is 0.444. The van der Waals surface area contributed by atoms with Crippen molar-refractivity contribution in [3.63, 3.8) is 0 Å². The molecule has 2 unspecified atom stereocenters. The number of aliphatic imine (C=N–C) groups is 1. The first kappa shape index (κ1) is 23.4. The SMILES string of the molecule is CN1C(=O)C2C(N=C(CN3CCN(c4ccccc4)CC3)N2CCCc2ccccc2)N(C)C1=O. The normalized spacial score (nSPS) is 23.1. The van der Waals surface area contributed by atoms with Gasteiger partial charge < -0.3 is 14.7 Å². The van der Waals surface area contributed by atoms with Crippen LogP contribution in [-0.2, 0) is 11.2 Å². The average Bonchev–Trinajstić information content (AvgIpc) is 3.26. The van der Waals surface area contributed by atoms with E-state index < -0.39 is 12.2 Å². The van der Waals surface area contributed by atoms with Crippen LogP contribution in [0.1, 0.15) is 12.0 Å². The fourth-order valence-electron chi connectivity index (χ4n) is 5.32. The molecule has 0 saturated carbocycles. The first-order valence-corrected chi connectivity index (χ1v) is 12.5. The van der Waals surface area contributed by atoms with E-state index in [0.717, 1.165) is 51.4 Å². The maximum atomic E-state index is 13.2. The molecule has 8 nitrogen and oxygen atoms in total. The van der Waals surface area contributed by atoms with Gasteiger partial charge in [-0.15, -0.1) is 0 Å². The van der Waals surface area contributed by atoms with Crippen molar-refractivity contribution in [1.82, 2.24) is 19.6 Å². The first-order valence-electron chi connectivity index (χ1n) is 12.5. The standard InChI is InChI=1S/C27H34N6O2/c1-29-25-24(26(34)30(2)27(29)35)33(15-9-12-21-10-5-3-6-11-21)23(28-25)20-31-16-18-32(19-17-31)22-13-7-4-8-14-22/h3-8,10-11,13-14,24-25H,9,12,15-20H2,1-2H3. The number of aryl methyl sites for hydroxylation is 1. The van der Waals surface area contributed by atoms with Crippen molar-refractivity contribution in [3.05, 3.63) is 66.2 Å². The van der Waals surface area contributed by atoms with Crippen LogP contribution in [0.25, 0.3) is 0 Å². The predicted octanol–water partition coefficient (Wildman–Crippen LogP) is 2.37. The summed E-state index contributed by atoms with van der Waals surface area (Å²) in [6.07, 6.45) is 1.41. The molecule has 2 atom stereocenters. The third-order valence-corrected chi connectivity index (χ3v) is 7.37. The molecule has 3 aliphatic heterocycles. The van der Waals surface area contributed by atoms with Gasteiger partial charge in [0.05, 0.1) is 6.54 Å². The minimum absolute atomic E-state index is 0.162. The number of benzene rings is 2. The van der Waals surface area contributed by atoms with Gasteiger partial charge in [-0.25, -0.2) is 9.79 Å². The second kappa shape index (κ2) is 10.1. The highest BCUT2D eigenvalue weighted by Gasteiger charge is 2.50. The van der Waals surface area contributed by atoms with Crippen LogP contribution >= 0.6 is 0 Å². The van der Waals surface area contributed by atoms with Gasteiger partial charge in [0, 0.05) is 52.5 Å². The highest BCUT2D eigenvalue weighted by atomic mass is 16.2. The lowest BCUT2D eigenvalue weighted by Gasteiger charge is -2.41. The number of para-hydroxylation sites is 1. The van der Waals surface area contributed by atoms with Gasteiger partial charge in [-0.05, 0) is 30.5 Å². The quantitative estimate of drug-likeness (QED) is 0.617. The summed E-state index contributed by atoms with van der Waals surface area (Å²) in [5.74, 6) is 0.759. The molecule has 3 aliphatic rings. The van der Waals surface area contributed by atoms with Crippen molar-refractivity contribution >= 4 is 23.5 Å². The molecule has 3 amide bonds. The molecule has 5 rings (SSSR count). The fourth-order valence-corrected chi connectivity index (χ4v) is 5.32. The van der Waals surface area contributed by atoms with Gasteiger partial charge in [-0.2, -0.15) is 0 Å². The average molecular weight is 475 g/mol. The Morgan fingerprint density at radius 1 is 0.886 bits per heavy atom. The number of imide groups is 1. The van der Waals surface area contributed by atoms with Gasteiger partial charge in [0.1, 0.15) is 5.84 Å². The number of amides is 3. The van der Waals surface area contributed by atoms with Crippen molar-refractivity contribution in [2.45, 2.75) is 25.0 Å². The molecular weight excluding hydrogens is 440 g/mol. The molecule has 0 spiro atoms. The summed E-state index contributed by atoms with van der Waals surface area (Å²) < 4.78 is 0. The summed E-state index contributed by atoms with van der Waals surface area (Å²) in [6, 6.07) is 20.2. The molecule has 2 aromatic carbocycles. The van der Waals surface area contributed by atoms with E-state index in [4.69, 9.17) is 4.99 Å². The van der Waals surface area contributed by atoms with Crippen LogP contribution in [0.5, 0.6) is 0 Å². The number of hydrogen-bond acceptors (Lipinski definition) is 6. The number of urea groups is 1. The van der Waals surface area contributed by atoms with E-state index in [0.29, 0.717) is 6.54 Å². The Hall–Kier alpha value is -3.39. The molecule has 0 bridgehead atoms. The van der Waals surface area contributed by atoms with Gasteiger partial charge in [0.25, 0.3) is 5.91 Å².